The molecule has 0 atom stereocenters. The third-order valence-corrected chi connectivity index (χ3v) is 1.78. The van der Waals surface area contributed by atoms with Gasteiger partial charge in [0.2, 0.25) is 0 Å². The lowest BCUT2D eigenvalue weighted by molar-refractivity contribution is 0.0695. The number of benzene rings is 1. The van der Waals surface area contributed by atoms with Gasteiger partial charge in [-0.2, -0.15) is 0 Å². The highest BCUT2D eigenvalue weighted by atomic mass is 19.1. The van der Waals surface area contributed by atoms with Gasteiger partial charge in [-0.15, -0.1) is 0 Å². The van der Waals surface area contributed by atoms with Crippen LogP contribution in [0.15, 0.2) is 12.1 Å². The van der Waals surface area contributed by atoms with Crippen LogP contribution >= 0.6 is 0 Å². The fourth-order valence-corrected chi connectivity index (χ4v) is 0.994. The van der Waals surface area contributed by atoms with Crippen LogP contribution in [0.4, 0.5) is 4.39 Å². The number of hydrogen-bond donors (Lipinski definition) is 1. The molecule has 0 saturated carbocycles. The summed E-state index contributed by atoms with van der Waals surface area (Å²) in [5, 5.41) is 8.69. The normalized spacial score (nSPS) is 9.77. The highest BCUT2D eigenvalue weighted by molar-refractivity contribution is 5.89. The molecule has 0 aliphatic carbocycles. The summed E-state index contributed by atoms with van der Waals surface area (Å²) in [7, 11) is 1.36. The van der Waals surface area contributed by atoms with Gasteiger partial charge in [-0.25, -0.2) is 9.18 Å². The van der Waals surface area contributed by atoms with Gasteiger partial charge in [-0.05, 0) is 18.6 Å². The Balaban J connectivity index is 3.33. The molecule has 1 rings (SSSR count). The Kier molecular flexibility index (Phi) is 2.51. The summed E-state index contributed by atoms with van der Waals surface area (Å²) in [6.07, 6.45) is 0. The Morgan fingerprint density at radius 3 is 2.62 bits per heavy atom. The van der Waals surface area contributed by atoms with E-state index in [2.05, 4.69) is 0 Å². The Morgan fingerprint density at radius 1 is 1.54 bits per heavy atom. The number of halogens is 1. The van der Waals surface area contributed by atoms with Crippen molar-refractivity contribution in [2.45, 2.75) is 6.92 Å². The molecule has 1 aromatic carbocycles. The van der Waals surface area contributed by atoms with Crippen molar-refractivity contribution in [2.75, 3.05) is 7.11 Å². The molecular weight excluding hydrogens is 175 g/mol. The van der Waals surface area contributed by atoms with Gasteiger partial charge in [-0.1, -0.05) is 0 Å². The number of methoxy groups -OCH3 is 1. The summed E-state index contributed by atoms with van der Waals surface area (Å²) in [5.74, 6) is -1.52. The van der Waals surface area contributed by atoms with Gasteiger partial charge in [0.05, 0.1) is 12.7 Å². The second-order valence-corrected chi connectivity index (χ2v) is 2.59. The van der Waals surface area contributed by atoms with E-state index in [0.29, 0.717) is 0 Å². The van der Waals surface area contributed by atoms with Crippen LogP contribution in [0.25, 0.3) is 0 Å². The van der Waals surface area contributed by atoms with E-state index in [9.17, 15) is 9.18 Å². The third-order valence-electron chi connectivity index (χ3n) is 1.78. The zero-order chi connectivity index (χ0) is 10.0. The van der Waals surface area contributed by atoms with E-state index in [1.165, 1.54) is 20.1 Å². The molecule has 1 aromatic rings. The van der Waals surface area contributed by atoms with Crippen molar-refractivity contribution >= 4 is 5.97 Å². The first-order chi connectivity index (χ1) is 6.06. The second kappa shape index (κ2) is 3.43. The average Bonchev–Trinajstić information content (AvgIpc) is 2.09. The summed E-state index contributed by atoms with van der Waals surface area (Å²) in [6, 6.07) is 2.45. The lowest BCUT2D eigenvalue weighted by Crippen LogP contribution is -2.02. The molecule has 0 fully saturated rings. The predicted octanol–water partition coefficient (Wildman–Crippen LogP) is 1.84. The monoisotopic (exact) mass is 184 g/mol. The molecule has 70 valence electrons. The zero-order valence-electron chi connectivity index (χ0n) is 7.30. The average molecular weight is 184 g/mol. The van der Waals surface area contributed by atoms with Gasteiger partial charge in [0, 0.05) is 6.07 Å². The topological polar surface area (TPSA) is 46.5 Å². The molecule has 0 radical (unpaired) electrons. The van der Waals surface area contributed by atoms with Crippen molar-refractivity contribution < 1.29 is 19.0 Å². The van der Waals surface area contributed by atoms with Crippen LogP contribution in [0.3, 0.4) is 0 Å². The highest BCUT2D eigenvalue weighted by Crippen LogP contribution is 2.20. The minimum atomic E-state index is -1.16. The fraction of sp³-hybridized carbons (Fsp3) is 0.222. The molecule has 4 heteroatoms. The number of carboxylic acid groups (broad SMARTS) is 1. The molecule has 0 heterocycles. The number of rotatable bonds is 2. The first kappa shape index (κ1) is 9.51. The van der Waals surface area contributed by atoms with Crippen LogP contribution in [0.2, 0.25) is 0 Å². The van der Waals surface area contributed by atoms with E-state index in [-0.39, 0.29) is 16.9 Å². The first-order valence-electron chi connectivity index (χ1n) is 3.63. The first-order valence-corrected chi connectivity index (χ1v) is 3.63. The van der Waals surface area contributed by atoms with Crippen LogP contribution in [0, 0.1) is 12.7 Å². The SMILES string of the molecule is COc1cc(F)c(C)c(C(=O)O)c1. The van der Waals surface area contributed by atoms with Gasteiger partial charge >= 0.3 is 5.97 Å². The van der Waals surface area contributed by atoms with Gasteiger partial charge in [0.25, 0.3) is 0 Å². The minimum Gasteiger partial charge on any atom is -0.497 e. The van der Waals surface area contributed by atoms with Gasteiger partial charge in [0.1, 0.15) is 11.6 Å². The van der Waals surface area contributed by atoms with Crippen molar-refractivity contribution in [3.05, 3.63) is 29.1 Å². The molecule has 0 aliphatic heterocycles. The van der Waals surface area contributed by atoms with Gasteiger partial charge < -0.3 is 9.84 Å². The van der Waals surface area contributed by atoms with Crippen LogP contribution in [0.5, 0.6) is 5.75 Å². The standard InChI is InChI=1S/C9H9FO3/c1-5-7(9(11)12)3-6(13-2)4-8(5)10/h3-4H,1-2H3,(H,11,12). The number of aromatic carboxylic acids is 1. The van der Waals surface area contributed by atoms with Crippen molar-refractivity contribution in [1.82, 2.24) is 0 Å². The summed E-state index contributed by atoms with van der Waals surface area (Å²) in [4.78, 5) is 10.6. The molecule has 0 unspecified atom stereocenters. The smallest absolute Gasteiger partial charge is 0.336 e. The molecule has 0 aliphatic rings. The maximum absolute atomic E-state index is 13.0. The molecule has 0 saturated heterocycles. The number of hydrogen-bond acceptors (Lipinski definition) is 2. The van der Waals surface area contributed by atoms with E-state index in [1.807, 2.05) is 0 Å². The van der Waals surface area contributed by atoms with E-state index in [1.54, 1.807) is 0 Å². The third kappa shape index (κ3) is 1.77. The molecule has 0 aromatic heterocycles. The fourth-order valence-electron chi connectivity index (χ4n) is 0.994. The van der Waals surface area contributed by atoms with E-state index < -0.39 is 11.8 Å². The summed E-state index contributed by atoms with van der Waals surface area (Å²) >= 11 is 0. The van der Waals surface area contributed by atoms with Crippen molar-refractivity contribution in [2.24, 2.45) is 0 Å². The van der Waals surface area contributed by atoms with E-state index >= 15 is 0 Å². The van der Waals surface area contributed by atoms with Gasteiger partial charge in [-0.3, -0.25) is 0 Å². The van der Waals surface area contributed by atoms with E-state index in [4.69, 9.17) is 9.84 Å². The summed E-state index contributed by atoms with van der Waals surface area (Å²) in [6.45, 7) is 1.41. The second-order valence-electron chi connectivity index (χ2n) is 2.59. The Labute approximate surface area is 74.8 Å². The molecule has 3 nitrogen and oxygen atoms in total. The highest BCUT2D eigenvalue weighted by Gasteiger charge is 2.12. The van der Waals surface area contributed by atoms with Crippen LogP contribution in [-0.4, -0.2) is 18.2 Å². The molecular formula is C9H9FO3. The van der Waals surface area contributed by atoms with Gasteiger partial charge in [0.15, 0.2) is 0 Å². The van der Waals surface area contributed by atoms with Crippen LogP contribution < -0.4 is 4.74 Å². The zero-order valence-corrected chi connectivity index (χ0v) is 7.30. The Hall–Kier alpha value is -1.58. The number of carbonyl (C=O) groups is 1. The van der Waals surface area contributed by atoms with Crippen LogP contribution in [0.1, 0.15) is 15.9 Å². The van der Waals surface area contributed by atoms with Crippen LogP contribution in [-0.2, 0) is 0 Å². The summed E-state index contributed by atoms with van der Waals surface area (Å²) in [5.41, 5.74) is 0.0464. The largest absolute Gasteiger partial charge is 0.497 e. The number of carboxylic acids is 1. The number of ether oxygens (including phenoxy) is 1. The van der Waals surface area contributed by atoms with E-state index in [0.717, 1.165) is 6.07 Å². The van der Waals surface area contributed by atoms with Crippen molar-refractivity contribution in [3.8, 4) is 5.75 Å². The Morgan fingerprint density at radius 2 is 2.15 bits per heavy atom. The molecule has 0 bridgehead atoms. The predicted molar refractivity (Wildman–Crippen MR) is 44.6 cm³/mol. The molecule has 0 spiro atoms. The maximum atomic E-state index is 13.0. The molecule has 1 N–H and O–H groups in total. The molecule has 0 amide bonds. The maximum Gasteiger partial charge on any atom is 0.336 e. The van der Waals surface area contributed by atoms with Crippen molar-refractivity contribution in [1.29, 1.82) is 0 Å². The lowest BCUT2D eigenvalue weighted by Gasteiger charge is -2.05. The summed E-state index contributed by atoms with van der Waals surface area (Å²) < 4.78 is 17.8. The molecule has 13 heavy (non-hydrogen) atoms. The quantitative estimate of drug-likeness (QED) is 0.762. The lowest BCUT2D eigenvalue weighted by atomic mass is 10.1. The Bertz CT molecular complexity index is 347. The minimum absolute atomic E-state index is 0.0724. The van der Waals surface area contributed by atoms with Crippen molar-refractivity contribution in [3.63, 3.8) is 0 Å².